The lowest BCUT2D eigenvalue weighted by Gasteiger charge is -2.12. The Bertz CT molecular complexity index is 3120. The van der Waals surface area contributed by atoms with Crippen LogP contribution in [-0.2, 0) is 0 Å². The molecule has 0 unspecified atom stereocenters. The molecule has 0 saturated carbocycles. The molecule has 238 valence electrons. The number of thiophene rings is 1. The Morgan fingerprint density at radius 3 is 1.94 bits per heavy atom. The Morgan fingerprint density at radius 2 is 1.10 bits per heavy atom. The van der Waals surface area contributed by atoms with E-state index < -0.39 is 0 Å². The number of hydrogen-bond donors (Lipinski definition) is 0. The third-order valence-corrected chi connectivity index (χ3v) is 11.3. The summed E-state index contributed by atoms with van der Waals surface area (Å²) in [6, 6.07) is 58.5. The second-order valence-electron chi connectivity index (χ2n) is 13.1. The second kappa shape index (κ2) is 11.0. The molecule has 0 aliphatic rings. The van der Waals surface area contributed by atoms with Crippen LogP contribution in [0, 0.1) is 0 Å². The number of hydrogen-bond acceptors (Lipinski definition) is 3. The van der Waals surface area contributed by atoms with Crippen LogP contribution in [0.1, 0.15) is 0 Å². The number of benzene rings is 7. The van der Waals surface area contributed by atoms with Gasteiger partial charge >= 0.3 is 0 Å². The molecule has 4 nitrogen and oxygen atoms in total. The fraction of sp³-hybridized carbons (Fsp3) is 0. The predicted molar refractivity (Wildman–Crippen MR) is 214 cm³/mol. The van der Waals surface area contributed by atoms with Gasteiger partial charge < -0.3 is 4.57 Å². The lowest BCUT2D eigenvalue weighted by Crippen LogP contribution is -2.03. The maximum absolute atomic E-state index is 5.44. The average molecular weight is 669 g/mol. The highest BCUT2D eigenvalue weighted by molar-refractivity contribution is 7.25. The molecule has 0 atom stereocenters. The standard InChI is InChI=1S/C46H28N4S/c1-3-11-29(12-4-1)30-19-21-31(22-20-30)45-35-16-7-9-17-39(35)47-46(48-45)50-41-27-40-32(23-24-49(40)33-13-5-2-6-14-33)25-36(41)37-26-38-34-15-8-10-18-43(34)51-44(38)28-42(37)50/h1-28H. The molecular formula is C46H28N4S. The molecule has 0 aliphatic carbocycles. The molecule has 0 N–H and O–H groups in total. The van der Waals surface area contributed by atoms with Gasteiger partial charge in [0.15, 0.2) is 0 Å². The van der Waals surface area contributed by atoms with Gasteiger partial charge in [-0.1, -0.05) is 109 Å². The first-order valence-electron chi connectivity index (χ1n) is 17.2. The van der Waals surface area contributed by atoms with Crippen molar-refractivity contribution in [2.45, 2.75) is 0 Å². The highest BCUT2D eigenvalue weighted by atomic mass is 32.1. The first-order valence-corrected chi connectivity index (χ1v) is 18.0. The maximum Gasteiger partial charge on any atom is 0.235 e. The smallest absolute Gasteiger partial charge is 0.235 e. The molecule has 0 radical (unpaired) electrons. The molecule has 5 heteroatoms. The summed E-state index contributed by atoms with van der Waals surface area (Å²) in [5.74, 6) is 0.661. The molecule has 0 spiro atoms. The van der Waals surface area contributed by atoms with Gasteiger partial charge in [0.05, 0.1) is 27.8 Å². The van der Waals surface area contributed by atoms with Gasteiger partial charge in [0.2, 0.25) is 5.95 Å². The SMILES string of the molecule is c1ccc(-c2ccc(-c3nc(-n4c5cc6sc7ccccc7c6cc5c5cc6ccn(-c7ccccc7)c6cc54)nc4ccccc34)cc2)cc1. The minimum Gasteiger partial charge on any atom is -0.316 e. The van der Waals surface area contributed by atoms with E-state index in [-0.39, 0.29) is 0 Å². The number of nitrogens with zero attached hydrogens (tertiary/aromatic N) is 4. The summed E-state index contributed by atoms with van der Waals surface area (Å²) in [5, 5.41) is 7.18. The zero-order valence-corrected chi connectivity index (χ0v) is 28.2. The number of rotatable bonds is 4. The highest BCUT2D eigenvalue weighted by Gasteiger charge is 2.21. The van der Waals surface area contributed by atoms with Gasteiger partial charge in [-0.15, -0.1) is 11.3 Å². The third kappa shape index (κ3) is 4.38. The number of fused-ring (bicyclic) bond motifs is 8. The summed E-state index contributed by atoms with van der Waals surface area (Å²) in [6.45, 7) is 0. The van der Waals surface area contributed by atoms with Crippen LogP contribution < -0.4 is 0 Å². The van der Waals surface area contributed by atoms with E-state index in [9.17, 15) is 0 Å². The summed E-state index contributed by atoms with van der Waals surface area (Å²) in [5.41, 5.74) is 9.72. The van der Waals surface area contributed by atoms with Crippen molar-refractivity contribution in [2.75, 3.05) is 0 Å². The van der Waals surface area contributed by atoms with Crippen molar-refractivity contribution in [1.82, 2.24) is 19.1 Å². The summed E-state index contributed by atoms with van der Waals surface area (Å²) < 4.78 is 7.10. The molecular weight excluding hydrogens is 641 g/mol. The summed E-state index contributed by atoms with van der Waals surface area (Å²) in [6.07, 6.45) is 2.17. The topological polar surface area (TPSA) is 35.6 Å². The van der Waals surface area contributed by atoms with Crippen molar-refractivity contribution in [2.24, 2.45) is 0 Å². The van der Waals surface area contributed by atoms with E-state index in [1.165, 1.54) is 47.5 Å². The normalized spacial score (nSPS) is 11.9. The molecule has 0 amide bonds. The van der Waals surface area contributed by atoms with Gasteiger partial charge in [-0.2, -0.15) is 0 Å². The first kappa shape index (κ1) is 28.3. The molecule has 4 heterocycles. The van der Waals surface area contributed by atoms with Crippen molar-refractivity contribution >= 4 is 75.1 Å². The monoisotopic (exact) mass is 668 g/mol. The molecule has 0 aliphatic heterocycles. The summed E-state index contributed by atoms with van der Waals surface area (Å²) in [7, 11) is 0. The maximum atomic E-state index is 5.44. The molecule has 4 aromatic heterocycles. The van der Waals surface area contributed by atoms with Crippen molar-refractivity contribution in [3.8, 4) is 34.0 Å². The summed E-state index contributed by atoms with van der Waals surface area (Å²) >= 11 is 1.84. The van der Waals surface area contributed by atoms with Crippen LogP contribution in [0.15, 0.2) is 170 Å². The zero-order chi connectivity index (χ0) is 33.5. The summed E-state index contributed by atoms with van der Waals surface area (Å²) in [4.78, 5) is 10.7. The van der Waals surface area contributed by atoms with Gasteiger partial charge in [-0.3, -0.25) is 4.57 Å². The average Bonchev–Trinajstić information content (AvgIpc) is 3.87. The number of para-hydroxylation sites is 2. The Balaban J connectivity index is 1.21. The number of aromatic nitrogens is 4. The van der Waals surface area contributed by atoms with Crippen LogP contribution >= 0.6 is 11.3 Å². The molecule has 7 aromatic carbocycles. The molecule has 0 saturated heterocycles. The largest absolute Gasteiger partial charge is 0.316 e. The molecule has 11 aromatic rings. The van der Waals surface area contributed by atoms with E-state index in [2.05, 4.69) is 179 Å². The highest BCUT2D eigenvalue weighted by Crippen LogP contribution is 2.42. The predicted octanol–water partition coefficient (Wildman–Crippen LogP) is 12.4. The van der Waals surface area contributed by atoms with Crippen LogP contribution in [0.25, 0.3) is 97.8 Å². The van der Waals surface area contributed by atoms with Crippen LogP contribution in [0.2, 0.25) is 0 Å². The minimum absolute atomic E-state index is 0.661. The lowest BCUT2D eigenvalue weighted by molar-refractivity contribution is 1.01. The third-order valence-electron chi connectivity index (χ3n) is 10.2. The van der Waals surface area contributed by atoms with E-state index in [0.29, 0.717) is 5.95 Å². The zero-order valence-electron chi connectivity index (χ0n) is 27.4. The molecule has 0 bridgehead atoms. The molecule has 0 fully saturated rings. The molecule has 11 rings (SSSR count). The van der Waals surface area contributed by atoms with E-state index in [4.69, 9.17) is 9.97 Å². The fourth-order valence-corrected chi connectivity index (χ4v) is 8.85. The minimum atomic E-state index is 0.661. The van der Waals surface area contributed by atoms with Gasteiger partial charge in [0, 0.05) is 59.2 Å². The van der Waals surface area contributed by atoms with E-state index >= 15 is 0 Å². The van der Waals surface area contributed by atoms with Crippen LogP contribution in [-0.4, -0.2) is 19.1 Å². The second-order valence-corrected chi connectivity index (χ2v) is 14.2. The van der Waals surface area contributed by atoms with E-state index in [1.807, 2.05) is 11.3 Å². The van der Waals surface area contributed by atoms with Crippen LogP contribution in [0.3, 0.4) is 0 Å². The Morgan fingerprint density at radius 1 is 0.431 bits per heavy atom. The van der Waals surface area contributed by atoms with Gasteiger partial charge in [-0.25, -0.2) is 9.97 Å². The van der Waals surface area contributed by atoms with E-state index in [1.54, 1.807) is 0 Å². The fourth-order valence-electron chi connectivity index (χ4n) is 7.73. The van der Waals surface area contributed by atoms with Crippen molar-refractivity contribution in [3.63, 3.8) is 0 Å². The Labute approximate surface area is 297 Å². The van der Waals surface area contributed by atoms with Gasteiger partial charge in [0.1, 0.15) is 0 Å². The molecule has 51 heavy (non-hydrogen) atoms. The van der Waals surface area contributed by atoms with Crippen LogP contribution in [0.4, 0.5) is 0 Å². The van der Waals surface area contributed by atoms with E-state index in [0.717, 1.165) is 44.4 Å². The Hall–Kier alpha value is -6.56. The van der Waals surface area contributed by atoms with Crippen molar-refractivity contribution < 1.29 is 0 Å². The van der Waals surface area contributed by atoms with Gasteiger partial charge in [0.25, 0.3) is 0 Å². The van der Waals surface area contributed by atoms with Crippen molar-refractivity contribution in [3.05, 3.63) is 170 Å². The Kier molecular flexibility index (Phi) is 6.09. The van der Waals surface area contributed by atoms with Crippen molar-refractivity contribution in [1.29, 1.82) is 0 Å². The quantitative estimate of drug-likeness (QED) is 0.187. The lowest BCUT2D eigenvalue weighted by atomic mass is 10.0. The van der Waals surface area contributed by atoms with Crippen LogP contribution in [0.5, 0.6) is 0 Å². The van der Waals surface area contributed by atoms with Gasteiger partial charge in [-0.05, 0) is 65.7 Å². The first-order chi connectivity index (χ1) is 25.3.